The summed E-state index contributed by atoms with van der Waals surface area (Å²) in [6.07, 6.45) is 0. The van der Waals surface area contributed by atoms with Crippen molar-refractivity contribution in [3.8, 4) is 5.75 Å². The Balaban J connectivity index is 1.97. The Bertz CT molecular complexity index is 1050. The molecule has 2 aromatic carbocycles. The highest BCUT2D eigenvalue weighted by atomic mass is 16.5. The van der Waals surface area contributed by atoms with E-state index in [9.17, 15) is 14.7 Å². The molecule has 0 radical (unpaired) electrons. The Labute approximate surface area is 169 Å². The normalized spacial score (nSPS) is 13.1. The van der Waals surface area contributed by atoms with Crippen LogP contribution in [-0.4, -0.2) is 47.2 Å². The maximum absolute atomic E-state index is 13.3. The van der Waals surface area contributed by atoms with Crippen molar-refractivity contribution in [1.82, 2.24) is 9.88 Å². The minimum atomic E-state index is -0.449. The smallest absolute Gasteiger partial charge is 0.261 e. The molecule has 0 aliphatic heterocycles. The molecule has 1 heterocycles. The molecule has 0 spiro atoms. The highest BCUT2D eigenvalue weighted by molar-refractivity contribution is 5.97. The number of fused-ring (bicyclic) bond motifs is 1. The molecule has 152 valence electrons. The molecule has 0 saturated carbocycles. The molecular formula is C23H26N2O4. The average Bonchev–Trinajstić information content (AvgIpc) is 2.76. The lowest BCUT2D eigenvalue weighted by atomic mass is 9.99. The van der Waals surface area contributed by atoms with E-state index in [1.54, 1.807) is 43.2 Å². The Morgan fingerprint density at radius 3 is 2.52 bits per heavy atom. The van der Waals surface area contributed by atoms with Gasteiger partial charge < -0.3 is 19.7 Å². The first-order chi connectivity index (χ1) is 13.9. The predicted molar refractivity (Wildman–Crippen MR) is 114 cm³/mol. The fourth-order valence-electron chi connectivity index (χ4n) is 3.37. The summed E-state index contributed by atoms with van der Waals surface area (Å²) >= 11 is 0. The summed E-state index contributed by atoms with van der Waals surface area (Å²) in [4.78, 5) is 30.2. The minimum absolute atomic E-state index is 0.0475. The third kappa shape index (κ3) is 4.49. The van der Waals surface area contributed by atoms with Gasteiger partial charge in [-0.1, -0.05) is 37.3 Å². The summed E-state index contributed by atoms with van der Waals surface area (Å²) < 4.78 is 5.24. The number of aliphatic hydroxyl groups is 1. The molecule has 0 aliphatic rings. The second-order valence-corrected chi connectivity index (χ2v) is 7.27. The highest BCUT2D eigenvalue weighted by Crippen LogP contribution is 2.21. The number of carbonyl (C=O) groups is 1. The molecular weight excluding hydrogens is 368 g/mol. The molecule has 6 nitrogen and oxygen atoms in total. The number of nitrogens with one attached hydrogen (secondary N) is 1. The lowest BCUT2D eigenvalue weighted by molar-refractivity contribution is 0.0604. The van der Waals surface area contributed by atoms with Crippen LogP contribution in [0.25, 0.3) is 10.9 Å². The van der Waals surface area contributed by atoms with Gasteiger partial charge in [0.25, 0.3) is 11.5 Å². The predicted octanol–water partition coefficient (Wildman–Crippen LogP) is 3.16. The molecule has 3 rings (SSSR count). The summed E-state index contributed by atoms with van der Waals surface area (Å²) in [7, 11) is 1.56. The number of carbonyl (C=O) groups excluding carboxylic acids is 1. The third-order valence-corrected chi connectivity index (χ3v) is 5.18. The molecule has 0 fully saturated rings. The van der Waals surface area contributed by atoms with Gasteiger partial charge in [0.2, 0.25) is 0 Å². The van der Waals surface area contributed by atoms with Crippen LogP contribution < -0.4 is 10.3 Å². The molecule has 1 aromatic heterocycles. The van der Waals surface area contributed by atoms with Crippen LogP contribution in [0.4, 0.5) is 0 Å². The zero-order chi connectivity index (χ0) is 21.0. The number of rotatable bonds is 7. The lowest BCUT2D eigenvalue weighted by Gasteiger charge is -2.30. The van der Waals surface area contributed by atoms with Gasteiger partial charge in [0.1, 0.15) is 11.3 Å². The van der Waals surface area contributed by atoms with Gasteiger partial charge in [0.05, 0.1) is 19.8 Å². The zero-order valence-electron chi connectivity index (χ0n) is 16.9. The number of pyridine rings is 1. The first kappa shape index (κ1) is 20.6. The number of aromatic nitrogens is 1. The maximum Gasteiger partial charge on any atom is 0.261 e. The van der Waals surface area contributed by atoms with E-state index in [1.165, 1.54) is 0 Å². The van der Waals surface area contributed by atoms with E-state index in [1.807, 2.05) is 37.3 Å². The number of aromatic amines is 1. The highest BCUT2D eigenvalue weighted by Gasteiger charge is 2.26. The number of ether oxygens (including phenoxy) is 1. The fraction of sp³-hybridized carbons (Fsp3) is 0.304. The van der Waals surface area contributed by atoms with Gasteiger partial charge in [-0.15, -0.1) is 0 Å². The van der Waals surface area contributed by atoms with Crippen LogP contribution in [0.5, 0.6) is 5.75 Å². The molecule has 2 N–H and O–H groups in total. The van der Waals surface area contributed by atoms with E-state index < -0.39 is 17.5 Å². The number of aliphatic hydroxyl groups excluding tert-OH is 1. The van der Waals surface area contributed by atoms with Crippen molar-refractivity contribution in [3.05, 3.63) is 76.1 Å². The van der Waals surface area contributed by atoms with Crippen LogP contribution in [0.3, 0.4) is 0 Å². The molecule has 2 atom stereocenters. The van der Waals surface area contributed by atoms with Gasteiger partial charge in [-0.05, 0) is 42.7 Å². The van der Waals surface area contributed by atoms with Gasteiger partial charge >= 0.3 is 0 Å². The molecule has 29 heavy (non-hydrogen) atoms. The summed E-state index contributed by atoms with van der Waals surface area (Å²) in [5.74, 6) is 0.287. The minimum Gasteiger partial charge on any atom is -0.497 e. The second kappa shape index (κ2) is 8.92. The summed E-state index contributed by atoms with van der Waals surface area (Å²) in [5, 5.41) is 10.4. The van der Waals surface area contributed by atoms with Crippen LogP contribution >= 0.6 is 0 Å². The lowest BCUT2D eigenvalue weighted by Crippen LogP contribution is -2.44. The summed E-state index contributed by atoms with van der Waals surface area (Å²) in [5.41, 5.74) is 1.32. The topological polar surface area (TPSA) is 82.6 Å². The van der Waals surface area contributed by atoms with E-state index in [2.05, 4.69) is 4.98 Å². The van der Waals surface area contributed by atoms with E-state index in [0.29, 0.717) is 23.2 Å². The van der Waals surface area contributed by atoms with Crippen molar-refractivity contribution in [1.29, 1.82) is 0 Å². The van der Waals surface area contributed by atoms with Crippen LogP contribution in [0.15, 0.2) is 59.4 Å². The fourth-order valence-corrected chi connectivity index (χ4v) is 3.37. The molecule has 0 bridgehead atoms. The standard InChI is InChI=1S/C23H26N2O4/c1-15(17-7-5-4-6-8-17)13-25(16(2)14-26)23(28)20-12-18-11-19(29-3)9-10-21(18)24-22(20)27/h4-12,15-16,26H,13-14H2,1-3H3,(H,24,27)/t15?,16-/m0/s1. The van der Waals surface area contributed by atoms with Crippen molar-refractivity contribution in [2.75, 3.05) is 20.3 Å². The summed E-state index contributed by atoms with van der Waals surface area (Å²) in [6.45, 7) is 4.00. The molecule has 3 aromatic rings. The van der Waals surface area contributed by atoms with Gasteiger partial charge in [-0.25, -0.2) is 0 Å². The second-order valence-electron chi connectivity index (χ2n) is 7.27. The van der Waals surface area contributed by atoms with Crippen molar-refractivity contribution < 1.29 is 14.6 Å². The van der Waals surface area contributed by atoms with Crippen LogP contribution in [0.2, 0.25) is 0 Å². The number of amides is 1. The van der Waals surface area contributed by atoms with E-state index >= 15 is 0 Å². The first-order valence-corrected chi connectivity index (χ1v) is 9.62. The molecule has 6 heteroatoms. The maximum atomic E-state index is 13.3. The van der Waals surface area contributed by atoms with E-state index in [4.69, 9.17) is 4.74 Å². The Kier molecular flexibility index (Phi) is 6.34. The van der Waals surface area contributed by atoms with Crippen molar-refractivity contribution in [2.24, 2.45) is 0 Å². The Morgan fingerprint density at radius 1 is 1.14 bits per heavy atom. The number of benzene rings is 2. The van der Waals surface area contributed by atoms with Crippen molar-refractivity contribution in [3.63, 3.8) is 0 Å². The van der Waals surface area contributed by atoms with Gasteiger partial charge in [0, 0.05) is 17.4 Å². The molecule has 1 amide bonds. The molecule has 0 aliphatic carbocycles. The van der Waals surface area contributed by atoms with E-state index in [0.717, 1.165) is 5.56 Å². The summed E-state index contributed by atoms with van der Waals surface area (Å²) in [6, 6.07) is 16.3. The van der Waals surface area contributed by atoms with Gasteiger partial charge in [-0.2, -0.15) is 0 Å². The van der Waals surface area contributed by atoms with Crippen LogP contribution in [-0.2, 0) is 0 Å². The Hall–Kier alpha value is -3.12. The van der Waals surface area contributed by atoms with Gasteiger partial charge in [-0.3, -0.25) is 9.59 Å². The zero-order valence-corrected chi connectivity index (χ0v) is 16.9. The number of methoxy groups -OCH3 is 1. The number of hydrogen-bond acceptors (Lipinski definition) is 4. The SMILES string of the molecule is COc1ccc2[nH]c(=O)c(C(=O)N(CC(C)c3ccccc3)[C@@H](C)CO)cc2c1. The molecule has 0 saturated heterocycles. The van der Waals surface area contributed by atoms with Crippen molar-refractivity contribution >= 4 is 16.8 Å². The van der Waals surface area contributed by atoms with Crippen molar-refractivity contribution in [2.45, 2.75) is 25.8 Å². The monoisotopic (exact) mass is 394 g/mol. The Morgan fingerprint density at radius 2 is 1.86 bits per heavy atom. The number of H-pyrrole nitrogens is 1. The average molecular weight is 394 g/mol. The quantitative estimate of drug-likeness (QED) is 0.645. The first-order valence-electron chi connectivity index (χ1n) is 9.62. The molecule has 1 unspecified atom stereocenters. The number of hydrogen-bond donors (Lipinski definition) is 2. The number of nitrogens with zero attached hydrogens (tertiary/aromatic N) is 1. The van der Waals surface area contributed by atoms with E-state index in [-0.39, 0.29) is 18.1 Å². The van der Waals surface area contributed by atoms with Crippen LogP contribution in [0, 0.1) is 0 Å². The van der Waals surface area contributed by atoms with Gasteiger partial charge in [0.15, 0.2) is 0 Å². The van der Waals surface area contributed by atoms with Crippen LogP contribution in [0.1, 0.15) is 35.7 Å². The largest absolute Gasteiger partial charge is 0.497 e. The third-order valence-electron chi connectivity index (χ3n) is 5.18.